The van der Waals surface area contributed by atoms with Crippen LogP contribution in [0.2, 0.25) is 0 Å². The first-order valence-corrected chi connectivity index (χ1v) is 6.84. The Morgan fingerprint density at radius 2 is 2.10 bits per heavy atom. The van der Waals surface area contributed by atoms with E-state index in [4.69, 9.17) is 5.11 Å². The van der Waals surface area contributed by atoms with Crippen molar-refractivity contribution in [2.75, 3.05) is 0 Å². The predicted molar refractivity (Wildman–Crippen MR) is 75.6 cm³/mol. The van der Waals surface area contributed by atoms with Crippen molar-refractivity contribution in [3.63, 3.8) is 0 Å². The summed E-state index contributed by atoms with van der Waals surface area (Å²) in [5.74, 6) is -1.40. The van der Waals surface area contributed by atoms with Gasteiger partial charge >= 0.3 is 5.97 Å². The number of aromatic nitrogens is 2. The number of hydrogen-bond donors (Lipinski definition) is 2. The van der Waals surface area contributed by atoms with Crippen LogP contribution in [-0.2, 0) is 10.3 Å². The quantitative estimate of drug-likeness (QED) is 0.835. The van der Waals surface area contributed by atoms with Gasteiger partial charge in [-0.1, -0.05) is 19.8 Å². The molecule has 0 spiro atoms. The summed E-state index contributed by atoms with van der Waals surface area (Å²) in [6, 6.07) is -0.847. The first-order chi connectivity index (χ1) is 9.25. The van der Waals surface area contributed by atoms with E-state index in [1.54, 1.807) is 10.9 Å². The van der Waals surface area contributed by atoms with Crippen molar-refractivity contribution < 1.29 is 14.7 Å². The fraction of sp³-hybridized carbons (Fsp3) is 0.643. The number of unbranched alkanes of at least 4 members (excludes halogenated alkanes) is 1. The Balaban J connectivity index is 2.74. The van der Waals surface area contributed by atoms with E-state index in [0.29, 0.717) is 12.0 Å². The number of carbonyl (C=O) groups is 2. The lowest BCUT2D eigenvalue weighted by Gasteiger charge is -2.18. The molecule has 1 heterocycles. The molecule has 0 aliphatic heterocycles. The van der Waals surface area contributed by atoms with Crippen LogP contribution in [0.15, 0.2) is 12.4 Å². The predicted octanol–water partition coefficient (Wildman–Crippen LogP) is 2.01. The van der Waals surface area contributed by atoms with Crippen molar-refractivity contribution in [2.24, 2.45) is 0 Å². The molecule has 2 N–H and O–H groups in total. The van der Waals surface area contributed by atoms with Crippen LogP contribution in [0.3, 0.4) is 0 Å². The maximum Gasteiger partial charge on any atom is 0.326 e. The molecule has 1 aromatic heterocycles. The summed E-state index contributed by atoms with van der Waals surface area (Å²) >= 11 is 0. The number of carbonyl (C=O) groups excluding carboxylic acids is 1. The van der Waals surface area contributed by atoms with Gasteiger partial charge in [-0.2, -0.15) is 5.10 Å². The van der Waals surface area contributed by atoms with E-state index in [9.17, 15) is 9.59 Å². The molecule has 20 heavy (non-hydrogen) atoms. The topological polar surface area (TPSA) is 84.2 Å². The van der Waals surface area contributed by atoms with Crippen molar-refractivity contribution in [1.29, 1.82) is 0 Å². The molecule has 1 atom stereocenters. The fourth-order valence-electron chi connectivity index (χ4n) is 1.71. The van der Waals surface area contributed by atoms with Crippen LogP contribution < -0.4 is 5.32 Å². The van der Waals surface area contributed by atoms with Gasteiger partial charge in [-0.3, -0.25) is 9.48 Å². The van der Waals surface area contributed by atoms with Gasteiger partial charge in [0.15, 0.2) is 0 Å². The summed E-state index contributed by atoms with van der Waals surface area (Å²) in [5.41, 5.74) is 0.162. The SMILES string of the molecule is CCCC[C@H](NC(=O)c1cnn(C(C)(C)C)c1)C(=O)O. The fourth-order valence-corrected chi connectivity index (χ4v) is 1.71. The second-order valence-corrected chi connectivity index (χ2v) is 5.85. The van der Waals surface area contributed by atoms with Crippen LogP contribution in [0.5, 0.6) is 0 Å². The highest BCUT2D eigenvalue weighted by molar-refractivity contribution is 5.96. The number of aliphatic carboxylic acids is 1. The molecule has 1 rings (SSSR count). The van der Waals surface area contributed by atoms with Crippen LogP contribution in [0, 0.1) is 0 Å². The van der Waals surface area contributed by atoms with E-state index in [-0.39, 0.29) is 5.54 Å². The Bertz CT molecular complexity index is 474. The highest BCUT2D eigenvalue weighted by Crippen LogP contribution is 2.13. The molecule has 0 unspecified atom stereocenters. The number of carboxylic acids is 1. The lowest BCUT2D eigenvalue weighted by atomic mass is 10.1. The summed E-state index contributed by atoms with van der Waals surface area (Å²) in [6.07, 6.45) is 5.18. The summed E-state index contributed by atoms with van der Waals surface area (Å²) in [5, 5.41) is 15.8. The zero-order valence-corrected chi connectivity index (χ0v) is 12.5. The Morgan fingerprint density at radius 1 is 1.45 bits per heavy atom. The van der Waals surface area contributed by atoms with Crippen molar-refractivity contribution in [1.82, 2.24) is 15.1 Å². The number of amides is 1. The summed E-state index contributed by atoms with van der Waals surface area (Å²) < 4.78 is 1.68. The highest BCUT2D eigenvalue weighted by Gasteiger charge is 2.22. The molecule has 0 aliphatic rings. The normalized spacial score (nSPS) is 13.0. The van der Waals surface area contributed by atoms with Gasteiger partial charge in [-0.15, -0.1) is 0 Å². The van der Waals surface area contributed by atoms with Crippen molar-refractivity contribution >= 4 is 11.9 Å². The second kappa shape index (κ2) is 6.54. The molecule has 0 saturated carbocycles. The lowest BCUT2D eigenvalue weighted by molar-refractivity contribution is -0.139. The molecule has 6 heteroatoms. The molecular formula is C14H23N3O3. The van der Waals surface area contributed by atoms with E-state index in [0.717, 1.165) is 12.8 Å². The number of rotatable bonds is 6. The Labute approximate surface area is 119 Å². The van der Waals surface area contributed by atoms with Gasteiger partial charge in [0.2, 0.25) is 0 Å². The van der Waals surface area contributed by atoms with Gasteiger partial charge in [-0.05, 0) is 27.2 Å². The largest absolute Gasteiger partial charge is 0.480 e. The third-order valence-electron chi connectivity index (χ3n) is 2.98. The highest BCUT2D eigenvalue weighted by atomic mass is 16.4. The number of nitrogens with one attached hydrogen (secondary N) is 1. The molecule has 0 fully saturated rings. The van der Waals surface area contributed by atoms with Gasteiger partial charge in [0, 0.05) is 6.20 Å². The molecule has 1 aromatic rings. The van der Waals surface area contributed by atoms with Gasteiger partial charge < -0.3 is 10.4 Å². The number of hydrogen-bond acceptors (Lipinski definition) is 3. The molecule has 112 valence electrons. The van der Waals surface area contributed by atoms with Crippen LogP contribution in [0.1, 0.15) is 57.3 Å². The zero-order chi connectivity index (χ0) is 15.3. The first-order valence-electron chi connectivity index (χ1n) is 6.84. The maximum atomic E-state index is 12.0. The Morgan fingerprint density at radius 3 is 2.55 bits per heavy atom. The standard InChI is InChI=1S/C14H23N3O3/c1-5-6-7-11(13(19)20)16-12(18)10-8-15-17(9-10)14(2,3)4/h8-9,11H,5-7H2,1-4H3,(H,16,18)(H,19,20)/t11-/m0/s1. The monoisotopic (exact) mass is 281 g/mol. The summed E-state index contributed by atoms with van der Waals surface area (Å²) in [4.78, 5) is 23.1. The molecule has 0 radical (unpaired) electrons. The maximum absolute atomic E-state index is 12.0. The van der Waals surface area contributed by atoms with E-state index in [2.05, 4.69) is 10.4 Å². The smallest absolute Gasteiger partial charge is 0.326 e. The average molecular weight is 281 g/mol. The molecule has 0 aromatic carbocycles. The molecular weight excluding hydrogens is 258 g/mol. The molecule has 0 saturated heterocycles. The summed E-state index contributed by atoms with van der Waals surface area (Å²) in [7, 11) is 0. The van der Waals surface area contributed by atoms with Crippen molar-refractivity contribution in [3.05, 3.63) is 18.0 Å². The lowest BCUT2D eigenvalue weighted by Crippen LogP contribution is -2.40. The third-order valence-corrected chi connectivity index (χ3v) is 2.98. The van der Waals surface area contributed by atoms with Gasteiger partial charge in [-0.25, -0.2) is 4.79 Å². The number of carboxylic acid groups (broad SMARTS) is 1. The van der Waals surface area contributed by atoms with Gasteiger partial charge in [0.1, 0.15) is 6.04 Å². The summed E-state index contributed by atoms with van der Waals surface area (Å²) in [6.45, 7) is 7.91. The van der Waals surface area contributed by atoms with Crippen LogP contribution >= 0.6 is 0 Å². The second-order valence-electron chi connectivity index (χ2n) is 5.85. The van der Waals surface area contributed by atoms with E-state index >= 15 is 0 Å². The molecule has 1 amide bonds. The van der Waals surface area contributed by atoms with Crippen LogP contribution in [0.4, 0.5) is 0 Å². The Kier molecular flexibility index (Phi) is 5.30. The van der Waals surface area contributed by atoms with Crippen LogP contribution in [-0.4, -0.2) is 32.8 Å². The van der Waals surface area contributed by atoms with Crippen LogP contribution in [0.25, 0.3) is 0 Å². The number of nitrogens with zero attached hydrogens (tertiary/aromatic N) is 2. The van der Waals surface area contributed by atoms with E-state index < -0.39 is 17.9 Å². The van der Waals surface area contributed by atoms with Crippen molar-refractivity contribution in [3.8, 4) is 0 Å². The minimum atomic E-state index is -1.00. The minimum Gasteiger partial charge on any atom is -0.480 e. The third kappa shape index (κ3) is 4.36. The molecule has 6 nitrogen and oxygen atoms in total. The Hall–Kier alpha value is -1.85. The van der Waals surface area contributed by atoms with E-state index in [1.165, 1.54) is 6.20 Å². The first kappa shape index (κ1) is 16.2. The van der Waals surface area contributed by atoms with Gasteiger partial charge in [0.25, 0.3) is 5.91 Å². The minimum absolute atomic E-state index is 0.215. The van der Waals surface area contributed by atoms with E-state index in [1.807, 2.05) is 27.7 Å². The van der Waals surface area contributed by atoms with Gasteiger partial charge in [0.05, 0.1) is 17.3 Å². The molecule has 0 bridgehead atoms. The van der Waals surface area contributed by atoms with Crippen molar-refractivity contribution in [2.45, 2.75) is 58.5 Å². The average Bonchev–Trinajstić information content (AvgIpc) is 2.83. The molecule has 0 aliphatic carbocycles. The zero-order valence-electron chi connectivity index (χ0n) is 12.5.